The molecule has 2 atom stereocenters. The lowest BCUT2D eigenvalue weighted by atomic mass is 10.0. The van der Waals surface area contributed by atoms with E-state index in [0.717, 1.165) is 99.5 Å². The van der Waals surface area contributed by atoms with Gasteiger partial charge < -0.3 is 40.1 Å². The van der Waals surface area contributed by atoms with E-state index in [9.17, 15) is 9.59 Å². The second-order valence-electron chi connectivity index (χ2n) is 16.1. The van der Waals surface area contributed by atoms with Crippen LogP contribution in [0, 0.1) is 13.8 Å². The first kappa shape index (κ1) is 43.2. The molecular weight excluding hydrogens is 916 g/mol. The summed E-state index contributed by atoms with van der Waals surface area (Å²) >= 11 is 6.76. The van der Waals surface area contributed by atoms with Gasteiger partial charge in [0, 0.05) is 75.4 Å². The zero-order valence-electron chi connectivity index (χ0n) is 35.2. The van der Waals surface area contributed by atoms with Crippen LogP contribution in [0.4, 0.5) is 23.3 Å². The monoisotopic (exact) mass is 964 g/mol. The highest BCUT2D eigenvalue weighted by Gasteiger charge is 2.39. The molecule has 2 bridgehead atoms. The Kier molecular flexibility index (Phi) is 13.5. The van der Waals surface area contributed by atoms with E-state index in [2.05, 4.69) is 76.6 Å². The smallest absolute Gasteiger partial charge is 0.262 e. The lowest BCUT2D eigenvalue weighted by Crippen LogP contribution is -2.44. The molecule has 5 heterocycles. The molecule has 3 fully saturated rings. The van der Waals surface area contributed by atoms with Crippen molar-refractivity contribution in [2.45, 2.75) is 51.2 Å². The molecule has 2 amide bonds. The summed E-state index contributed by atoms with van der Waals surface area (Å²) in [5.41, 5.74) is 4.99. The van der Waals surface area contributed by atoms with Crippen LogP contribution in [0.5, 0.6) is 11.5 Å². The van der Waals surface area contributed by atoms with E-state index in [1.54, 1.807) is 0 Å². The standard InChI is InChI=1S/C24H28BrN5O2.C22H22BrN5O2/c1-16-21-14-18(27-23(31)15-32-20-7-4-17(25)5-8-20)6-9-22(21)28-24(26-16)30-12-10-19(11-13-30)29(2)3;1-13-19-9-15(26-21(29)12-30-18-5-2-14(23)3-6-18)4-7-20(19)27-22(25-13)28-11-16-8-17(28)10-24-16/h4-9,14,19H,10-13,15H2,1-3H3,(H,27,31);2-7,9,16-17,24H,8,10-12H2,1H3,(H,26,29). The first-order valence-corrected chi connectivity index (χ1v) is 22.4. The Morgan fingerprint density at radius 3 is 1.69 bits per heavy atom. The van der Waals surface area contributed by atoms with Gasteiger partial charge >= 0.3 is 0 Å². The SMILES string of the molecule is Cc1nc(N2CC3CC2CN3)nc2ccc(NC(=O)COc3ccc(Br)cc3)cc12.Cc1nc(N2CCC(N(C)C)CC2)nc2ccc(NC(=O)COc3ccc(Br)cc3)cc12. The van der Waals surface area contributed by atoms with E-state index in [-0.39, 0.29) is 25.0 Å². The number of nitrogens with one attached hydrogen (secondary N) is 3. The summed E-state index contributed by atoms with van der Waals surface area (Å²) in [6.07, 6.45) is 3.38. The fraction of sp³-hybridized carbons (Fsp3) is 0.348. The van der Waals surface area contributed by atoms with Gasteiger partial charge in [-0.15, -0.1) is 0 Å². The van der Waals surface area contributed by atoms with E-state index < -0.39 is 0 Å². The highest BCUT2D eigenvalue weighted by Crippen LogP contribution is 2.30. The molecule has 322 valence electrons. The normalized spacial score (nSPS) is 17.3. The van der Waals surface area contributed by atoms with Gasteiger partial charge in [0.1, 0.15) is 11.5 Å². The van der Waals surface area contributed by atoms with Crippen LogP contribution in [0.25, 0.3) is 21.8 Å². The van der Waals surface area contributed by atoms with Crippen LogP contribution in [0.3, 0.4) is 0 Å². The Hall–Kier alpha value is -5.42. The van der Waals surface area contributed by atoms with Gasteiger partial charge in [0.05, 0.1) is 22.4 Å². The topological polar surface area (TPSA) is 150 Å². The quantitative estimate of drug-likeness (QED) is 0.118. The zero-order chi connectivity index (χ0) is 43.3. The molecule has 3 aliphatic rings. The molecular formula is C46H50Br2N10O4. The Labute approximate surface area is 378 Å². The summed E-state index contributed by atoms with van der Waals surface area (Å²) in [4.78, 5) is 50.6. The number of rotatable bonds is 11. The maximum atomic E-state index is 12.3. The van der Waals surface area contributed by atoms with Crippen LogP contribution in [0.2, 0.25) is 0 Å². The number of carbonyl (C=O) groups is 2. The molecule has 0 radical (unpaired) electrons. The minimum absolute atomic E-state index is 0.0559. The van der Waals surface area contributed by atoms with Gasteiger partial charge in [-0.2, -0.15) is 0 Å². The van der Waals surface area contributed by atoms with E-state index in [0.29, 0.717) is 41.0 Å². The first-order chi connectivity index (χ1) is 29.9. The molecule has 0 aliphatic carbocycles. The number of ether oxygens (including phenoxy) is 2. The summed E-state index contributed by atoms with van der Waals surface area (Å²) in [6.45, 7) is 7.74. The molecule has 16 heteroatoms. The Morgan fingerprint density at radius 2 is 1.23 bits per heavy atom. The number of piperazine rings is 1. The largest absolute Gasteiger partial charge is 0.484 e. The van der Waals surface area contributed by atoms with Crippen molar-refractivity contribution in [1.29, 1.82) is 0 Å². The van der Waals surface area contributed by atoms with Gasteiger partial charge in [0.15, 0.2) is 13.2 Å². The molecule has 14 nitrogen and oxygen atoms in total. The van der Waals surface area contributed by atoms with Crippen molar-refractivity contribution in [2.24, 2.45) is 0 Å². The van der Waals surface area contributed by atoms with Gasteiger partial charge in [0.25, 0.3) is 11.8 Å². The third-order valence-corrected chi connectivity index (χ3v) is 12.5. The number of hydrogen-bond donors (Lipinski definition) is 3. The van der Waals surface area contributed by atoms with E-state index in [1.807, 2.05) is 98.8 Å². The number of amides is 2. The lowest BCUT2D eigenvalue weighted by Gasteiger charge is -2.35. The molecule has 6 aromatic rings. The van der Waals surface area contributed by atoms with Crippen molar-refractivity contribution < 1.29 is 19.1 Å². The maximum absolute atomic E-state index is 12.3. The average Bonchev–Trinajstić information content (AvgIpc) is 3.91. The number of aryl methyl sites for hydroxylation is 2. The van der Waals surface area contributed by atoms with Gasteiger partial charge in [-0.1, -0.05) is 31.9 Å². The number of piperidine rings is 1. The molecule has 3 saturated heterocycles. The fourth-order valence-corrected chi connectivity index (χ4v) is 8.63. The van der Waals surface area contributed by atoms with Crippen molar-refractivity contribution in [3.8, 4) is 11.5 Å². The molecule has 62 heavy (non-hydrogen) atoms. The van der Waals surface area contributed by atoms with E-state index in [4.69, 9.17) is 29.4 Å². The van der Waals surface area contributed by atoms with Gasteiger partial charge in [-0.3, -0.25) is 9.59 Å². The van der Waals surface area contributed by atoms with Crippen molar-refractivity contribution in [3.05, 3.63) is 105 Å². The number of nitrogens with zero attached hydrogens (tertiary/aromatic N) is 7. The summed E-state index contributed by atoms with van der Waals surface area (Å²) in [5.74, 6) is 2.45. The Bertz CT molecular complexity index is 2550. The molecule has 0 saturated carbocycles. The van der Waals surface area contributed by atoms with E-state index in [1.165, 1.54) is 0 Å². The van der Waals surface area contributed by atoms with Crippen molar-refractivity contribution >= 4 is 88.8 Å². The fourth-order valence-electron chi connectivity index (χ4n) is 8.10. The third kappa shape index (κ3) is 10.6. The number of aromatic nitrogens is 4. The van der Waals surface area contributed by atoms with Gasteiger partial charge in [-0.25, -0.2) is 19.9 Å². The second kappa shape index (κ2) is 19.3. The van der Waals surface area contributed by atoms with Crippen LogP contribution in [0.15, 0.2) is 93.9 Å². The predicted octanol–water partition coefficient (Wildman–Crippen LogP) is 7.52. The first-order valence-electron chi connectivity index (χ1n) is 20.8. The number of fused-ring (bicyclic) bond motifs is 4. The number of hydrogen-bond acceptors (Lipinski definition) is 12. The van der Waals surface area contributed by atoms with Crippen molar-refractivity contribution in [2.75, 3.05) is 73.9 Å². The number of benzene rings is 4. The minimum atomic E-state index is -0.216. The van der Waals surface area contributed by atoms with E-state index >= 15 is 0 Å². The van der Waals surface area contributed by atoms with Crippen LogP contribution in [-0.4, -0.2) is 108 Å². The molecule has 3 aliphatic heterocycles. The number of halogens is 2. The van der Waals surface area contributed by atoms with Gasteiger partial charge in [-0.05, 0) is 132 Å². The molecule has 4 aromatic carbocycles. The number of carbonyl (C=O) groups excluding carboxylic acids is 2. The highest BCUT2D eigenvalue weighted by molar-refractivity contribution is 9.10. The highest BCUT2D eigenvalue weighted by atomic mass is 79.9. The average molecular weight is 967 g/mol. The second-order valence-corrected chi connectivity index (χ2v) is 17.9. The Morgan fingerprint density at radius 1 is 0.726 bits per heavy atom. The summed E-state index contributed by atoms with van der Waals surface area (Å²) in [7, 11) is 4.28. The predicted molar refractivity (Wildman–Crippen MR) is 252 cm³/mol. The van der Waals surface area contributed by atoms with Crippen molar-refractivity contribution in [1.82, 2.24) is 30.2 Å². The van der Waals surface area contributed by atoms with Crippen LogP contribution in [-0.2, 0) is 9.59 Å². The van der Waals surface area contributed by atoms with Crippen LogP contribution in [0.1, 0.15) is 30.7 Å². The van der Waals surface area contributed by atoms with Crippen LogP contribution >= 0.6 is 31.9 Å². The molecule has 3 N–H and O–H groups in total. The zero-order valence-corrected chi connectivity index (χ0v) is 38.4. The van der Waals surface area contributed by atoms with Crippen LogP contribution < -0.4 is 35.2 Å². The van der Waals surface area contributed by atoms with Crippen molar-refractivity contribution in [3.63, 3.8) is 0 Å². The molecule has 2 unspecified atom stereocenters. The summed E-state index contributed by atoms with van der Waals surface area (Å²) < 4.78 is 13.0. The molecule has 2 aromatic heterocycles. The molecule has 9 rings (SSSR count). The Balaban J connectivity index is 0.000000171. The maximum Gasteiger partial charge on any atom is 0.262 e. The lowest BCUT2D eigenvalue weighted by molar-refractivity contribution is -0.118. The van der Waals surface area contributed by atoms with Gasteiger partial charge in [0.2, 0.25) is 11.9 Å². The third-order valence-electron chi connectivity index (χ3n) is 11.5. The minimum Gasteiger partial charge on any atom is -0.484 e. The molecule has 0 spiro atoms. The summed E-state index contributed by atoms with van der Waals surface area (Å²) in [6, 6.07) is 27.8. The summed E-state index contributed by atoms with van der Waals surface area (Å²) in [5, 5.41) is 11.2. The number of anilines is 4.